The fraction of sp³-hybridized carbons (Fsp3) is 0.235. The Morgan fingerprint density at radius 2 is 1.65 bits per heavy atom. The summed E-state index contributed by atoms with van der Waals surface area (Å²) in [5, 5.41) is 9.89. The fourth-order valence-electron chi connectivity index (χ4n) is 2.39. The Morgan fingerprint density at radius 3 is 2.20 bits per heavy atom. The second-order valence-corrected chi connectivity index (χ2v) is 4.97. The van der Waals surface area contributed by atoms with Crippen molar-refractivity contribution >= 4 is 11.6 Å². The number of phenols is 1. The predicted molar refractivity (Wildman–Crippen MR) is 80.9 cm³/mol. The van der Waals surface area contributed by atoms with Crippen LogP contribution < -0.4 is 4.90 Å². The number of para-hydroxylation sites is 2. The average molecular weight is 269 g/mol. The molecule has 1 N–H and O–H groups in total. The molecule has 2 aromatic carbocycles. The van der Waals surface area contributed by atoms with Crippen LogP contribution in [0.25, 0.3) is 0 Å². The number of amides is 1. The zero-order valence-electron chi connectivity index (χ0n) is 12.1. The summed E-state index contributed by atoms with van der Waals surface area (Å²) in [6, 6.07) is 13.1. The molecule has 3 heteroatoms. The molecule has 2 rings (SSSR count). The first-order chi connectivity index (χ1) is 9.50. The zero-order chi connectivity index (χ0) is 14.7. The Kier molecular flexibility index (Phi) is 4.08. The molecule has 0 aliphatic carbocycles. The molecule has 20 heavy (non-hydrogen) atoms. The van der Waals surface area contributed by atoms with Crippen LogP contribution in [-0.4, -0.2) is 11.0 Å². The first-order valence-corrected chi connectivity index (χ1v) is 6.62. The van der Waals surface area contributed by atoms with Gasteiger partial charge in [0.25, 0.3) is 0 Å². The molecule has 2 aromatic rings. The van der Waals surface area contributed by atoms with Crippen LogP contribution in [0.1, 0.15) is 23.6 Å². The maximum absolute atomic E-state index is 12.0. The largest absolute Gasteiger partial charge is 0.508 e. The van der Waals surface area contributed by atoms with Crippen molar-refractivity contribution in [1.29, 1.82) is 0 Å². The number of nitrogens with zero attached hydrogens (tertiary/aromatic N) is 1. The van der Waals surface area contributed by atoms with E-state index in [2.05, 4.69) is 0 Å². The molecule has 0 unspecified atom stereocenters. The number of rotatable bonds is 3. The van der Waals surface area contributed by atoms with E-state index in [-0.39, 0.29) is 11.7 Å². The fourth-order valence-corrected chi connectivity index (χ4v) is 2.39. The summed E-state index contributed by atoms with van der Waals surface area (Å²) < 4.78 is 0. The van der Waals surface area contributed by atoms with E-state index in [0.29, 0.717) is 6.54 Å². The highest BCUT2D eigenvalue weighted by atomic mass is 16.3. The lowest BCUT2D eigenvalue weighted by Crippen LogP contribution is -2.29. The van der Waals surface area contributed by atoms with Crippen LogP contribution in [0.3, 0.4) is 0 Å². The lowest BCUT2D eigenvalue weighted by atomic mass is 10.1. The molecule has 1 amide bonds. The van der Waals surface area contributed by atoms with Gasteiger partial charge in [-0.2, -0.15) is 0 Å². The number of benzene rings is 2. The summed E-state index contributed by atoms with van der Waals surface area (Å²) in [6.07, 6.45) is 0. The number of anilines is 1. The summed E-state index contributed by atoms with van der Waals surface area (Å²) in [7, 11) is 0. The van der Waals surface area contributed by atoms with Gasteiger partial charge >= 0.3 is 0 Å². The number of aromatic hydroxyl groups is 1. The third kappa shape index (κ3) is 2.82. The van der Waals surface area contributed by atoms with Crippen LogP contribution in [0.4, 0.5) is 5.69 Å². The molecule has 0 bridgehead atoms. The number of carbonyl (C=O) groups excluding carboxylic acids is 1. The van der Waals surface area contributed by atoms with Crippen molar-refractivity contribution in [2.45, 2.75) is 27.3 Å². The third-order valence-electron chi connectivity index (χ3n) is 3.41. The minimum absolute atomic E-state index is 0.0364. The van der Waals surface area contributed by atoms with E-state index < -0.39 is 0 Å². The van der Waals surface area contributed by atoms with Crippen molar-refractivity contribution in [3.63, 3.8) is 0 Å². The Bertz CT molecular complexity index is 614. The van der Waals surface area contributed by atoms with Gasteiger partial charge in [-0.3, -0.25) is 4.79 Å². The predicted octanol–water partition coefficient (Wildman–Crippen LogP) is 3.56. The van der Waals surface area contributed by atoms with Crippen LogP contribution in [-0.2, 0) is 11.3 Å². The number of phenolic OH excluding ortho intramolecular Hbond substituents is 1. The quantitative estimate of drug-likeness (QED) is 0.925. The standard InChI is InChI=1S/C17H19NO2/c1-12-7-6-8-13(2)17(12)18(14(3)19)11-15-9-4-5-10-16(15)20/h4-10,20H,11H2,1-3H3. The minimum Gasteiger partial charge on any atom is -0.508 e. The monoisotopic (exact) mass is 269 g/mol. The van der Waals surface area contributed by atoms with E-state index >= 15 is 0 Å². The van der Waals surface area contributed by atoms with Gasteiger partial charge in [0.15, 0.2) is 0 Å². The summed E-state index contributed by atoms with van der Waals surface area (Å²) >= 11 is 0. The summed E-state index contributed by atoms with van der Waals surface area (Å²) in [6.45, 7) is 5.89. The second kappa shape index (κ2) is 5.78. The maximum atomic E-state index is 12.0. The molecule has 0 saturated carbocycles. The Labute approximate surface area is 119 Å². The van der Waals surface area contributed by atoms with Gasteiger partial charge in [0.1, 0.15) is 5.75 Å². The molecule has 0 fully saturated rings. The van der Waals surface area contributed by atoms with Crippen LogP contribution >= 0.6 is 0 Å². The molecule has 3 nitrogen and oxygen atoms in total. The molecule has 0 atom stereocenters. The molecule has 0 aliphatic rings. The van der Waals surface area contributed by atoms with Crippen LogP contribution in [0.2, 0.25) is 0 Å². The van der Waals surface area contributed by atoms with Crippen LogP contribution in [0.15, 0.2) is 42.5 Å². The highest BCUT2D eigenvalue weighted by Gasteiger charge is 2.17. The molecule has 0 spiro atoms. The van der Waals surface area contributed by atoms with E-state index in [1.807, 2.05) is 44.2 Å². The molecule has 0 aromatic heterocycles. The van der Waals surface area contributed by atoms with E-state index in [4.69, 9.17) is 0 Å². The van der Waals surface area contributed by atoms with Gasteiger partial charge in [0, 0.05) is 18.2 Å². The highest BCUT2D eigenvalue weighted by Crippen LogP contribution is 2.28. The van der Waals surface area contributed by atoms with Crippen molar-refractivity contribution < 1.29 is 9.90 Å². The molecule has 104 valence electrons. The van der Waals surface area contributed by atoms with Gasteiger partial charge in [-0.25, -0.2) is 0 Å². The van der Waals surface area contributed by atoms with E-state index in [1.165, 1.54) is 0 Å². The van der Waals surface area contributed by atoms with Gasteiger partial charge in [-0.05, 0) is 31.0 Å². The summed E-state index contributed by atoms with van der Waals surface area (Å²) in [5.74, 6) is 0.177. The number of hydrogen-bond donors (Lipinski definition) is 1. The lowest BCUT2D eigenvalue weighted by Gasteiger charge is -2.25. The molecule has 0 aliphatic heterocycles. The molecule has 0 saturated heterocycles. The number of carbonyl (C=O) groups is 1. The average Bonchev–Trinajstić information content (AvgIpc) is 2.39. The normalized spacial score (nSPS) is 10.3. The SMILES string of the molecule is CC(=O)N(Cc1ccccc1O)c1c(C)cccc1C. The van der Waals surface area contributed by atoms with Gasteiger partial charge in [-0.1, -0.05) is 36.4 Å². The molecular formula is C17H19NO2. The number of aryl methyl sites for hydroxylation is 2. The lowest BCUT2D eigenvalue weighted by molar-refractivity contribution is -0.116. The molecule has 0 heterocycles. The maximum Gasteiger partial charge on any atom is 0.224 e. The summed E-state index contributed by atoms with van der Waals surface area (Å²) in [4.78, 5) is 13.7. The van der Waals surface area contributed by atoms with E-state index in [1.54, 1.807) is 24.0 Å². The van der Waals surface area contributed by atoms with Gasteiger partial charge < -0.3 is 10.0 Å². The highest BCUT2D eigenvalue weighted by molar-refractivity contribution is 5.93. The Balaban J connectivity index is 2.43. The number of hydrogen-bond acceptors (Lipinski definition) is 2. The van der Waals surface area contributed by atoms with E-state index in [9.17, 15) is 9.90 Å². The van der Waals surface area contributed by atoms with E-state index in [0.717, 1.165) is 22.4 Å². The van der Waals surface area contributed by atoms with Crippen LogP contribution in [0.5, 0.6) is 5.75 Å². The van der Waals surface area contributed by atoms with Crippen molar-refractivity contribution in [2.75, 3.05) is 4.90 Å². The Morgan fingerprint density at radius 1 is 1.05 bits per heavy atom. The zero-order valence-corrected chi connectivity index (χ0v) is 12.1. The van der Waals surface area contributed by atoms with Crippen molar-refractivity contribution in [3.8, 4) is 5.75 Å². The van der Waals surface area contributed by atoms with Crippen LogP contribution in [0, 0.1) is 13.8 Å². The second-order valence-electron chi connectivity index (χ2n) is 4.97. The molecule has 0 radical (unpaired) electrons. The van der Waals surface area contributed by atoms with Crippen molar-refractivity contribution in [2.24, 2.45) is 0 Å². The third-order valence-corrected chi connectivity index (χ3v) is 3.41. The van der Waals surface area contributed by atoms with Gasteiger partial charge in [0.2, 0.25) is 5.91 Å². The van der Waals surface area contributed by atoms with Crippen molar-refractivity contribution in [1.82, 2.24) is 0 Å². The first-order valence-electron chi connectivity index (χ1n) is 6.62. The van der Waals surface area contributed by atoms with Crippen molar-refractivity contribution in [3.05, 3.63) is 59.2 Å². The van der Waals surface area contributed by atoms with Gasteiger partial charge in [0.05, 0.1) is 6.54 Å². The summed E-state index contributed by atoms with van der Waals surface area (Å²) in [5.41, 5.74) is 3.76. The smallest absolute Gasteiger partial charge is 0.224 e. The van der Waals surface area contributed by atoms with Gasteiger partial charge in [-0.15, -0.1) is 0 Å². The molecular weight excluding hydrogens is 250 g/mol. The minimum atomic E-state index is -0.0364. The Hall–Kier alpha value is -2.29. The topological polar surface area (TPSA) is 40.5 Å². The first kappa shape index (κ1) is 14.1.